The van der Waals surface area contributed by atoms with Crippen LogP contribution < -0.4 is 5.32 Å². The molecule has 1 amide bonds. The Hall–Kier alpha value is -1.46. The third-order valence-corrected chi connectivity index (χ3v) is 11.3. The molecule has 1 rings (SSSR count). The summed E-state index contributed by atoms with van der Waals surface area (Å²) in [4.78, 5) is 13.0. The van der Waals surface area contributed by atoms with Gasteiger partial charge in [-0.15, -0.1) is 0 Å². The van der Waals surface area contributed by atoms with Gasteiger partial charge in [0.25, 0.3) is 0 Å². The number of aliphatic hydroxyl groups is 5. The first-order valence-electron chi connectivity index (χ1n) is 22.8. The molecular weight excluding hydrogens is 767 g/mol. The molecule has 8 atom stereocenters. The molecule has 0 spiro atoms. The predicted molar refractivity (Wildman–Crippen MR) is 228 cm³/mol. The van der Waals surface area contributed by atoms with E-state index in [-0.39, 0.29) is 6.42 Å². The fourth-order valence-corrected chi connectivity index (χ4v) is 7.69. The van der Waals surface area contributed by atoms with Crippen molar-refractivity contribution in [2.45, 2.75) is 236 Å². The molecule has 342 valence electrons. The van der Waals surface area contributed by atoms with E-state index in [2.05, 4.69) is 35.5 Å². The van der Waals surface area contributed by atoms with E-state index in [0.717, 1.165) is 38.5 Å². The highest BCUT2D eigenvalue weighted by molar-refractivity contribution is 7.80. The minimum absolute atomic E-state index is 0.238. The van der Waals surface area contributed by atoms with Gasteiger partial charge >= 0.3 is 10.4 Å². The molecule has 0 radical (unpaired) electrons. The molecule has 58 heavy (non-hydrogen) atoms. The number of rotatable bonds is 38. The first-order valence-corrected chi connectivity index (χ1v) is 24.2. The highest BCUT2D eigenvalue weighted by Gasteiger charge is 2.48. The topological polar surface area (TPSA) is 212 Å². The van der Waals surface area contributed by atoms with Crippen LogP contribution in [-0.4, -0.2) is 107 Å². The molecule has 7 N–H and O–H groups in total. The van der Waals surface area contributed by atoms with E-state index in [0.29, 0.717) is 12.8 Å². The molecule has 14 heteroatoms. The summed E-state index contributed by atoms with van der Waals surface area (Å²) >= 11 is 0. The highest BCUT2D eigenvalue weighted by Crippen LogP contribution is 2.26. The van der Waals surface area contributed by atoms with Crippen LogP contribution >= 0.6 is 0 Å². The summed E-state index contributed by atoms with van der Waals surface area (Å²) in [5, 5.41) is 55.0. The van der Waals surface area contributed by atoms with Crippen LogP contribution in [0.25, 0.3) is 0 Å². The molecule has 13 nitrogen and oxygen atoms in total. The van der Waals surface area contributed by atoms with Crippen molar-refractivity contribution in [1.29, 1.82) is 0 Å². The molecule has 1 fully saturated rings. The van der Waals surface area contributed by atoms with E-state index in [1.54, 1.807) is 6.08 Å². The monoisotopic (exact) mass is 850 g/mol. The molecule has 0 aromatic carbocycles. The van der Waals surface area contributed by atoms with Crippen molar-refractivity contribution in [1.82, 2.24) is 5.32 Å². The molecule has 1 heterocycles. The maximum atomic E-state index is 13.0. The van der Waals surface area contributed by atoms with Crippen molar-refractivity contribution in [3.63, 3.8) is 0 Å². The van der Waals surface area contributed by atoms with Crippen LogP contribution in [0.2, 0.25) is 0 Å². The SMILES string of the molecule is CCCCCCCCCCCCCCCC/C=C/CC/C=C/C(O)C(COC1OC(CO)C(O)C(OS(=O)(=O)O)C1O)NC(=O)C(O)CCCCCCCCCCC. The van der Waals surface area contributed by atoms with Crippen LogP contribution in [0.15, 0.2) is 24.3 Å². The fourth-order valence-electron chi connectivity index (χ4n) is 7.18. The summed E-state index contributed by atoms with van der Waals surface area (Å²) in [5.41, 5.74) is 0. The van der Waals surface area contributed by atoms with Gasteiger partial charge in [-0.05, 0) is 32.1 Å². The Bertz CT molecular complexity index is 1160. The number of hydrogen-bond acceptors (Lipinski definition) is 11. The number of ether oxygens (including phenoxy) is 2. The minimum atomic E-state index is -5.12. The van der Waals surface area contributed by atoms with Crippen LogP contribution in [0.3, 0.4) is 0 Å². The second kappa shape index (κ2) is 35.2. The van der Waals surface area contributed by atoms with Gasteiger partial charge in [-0.2, -0.15) is 8.42 Å². The lowest BCUT2D eigenvalue weighted by atomic mass is 9.99. The van der Waals surface area contributed by atoms with Gasteiger partial charge in [0.15, 0.2) is 6.29 Å². The smallest absolute Gasteiger partial charge is 0.394 e. The fraction of sp³-hybridized carbons (Fsp3) is 0.886. The van der Waals surface area contributed by atoms with Crippen molar-refractivity contribution in [3.05, 3.63) is 24.3 Å². The zero-order valence-corrected chi connectivity index (χ0v) is 36.8. The lowest BCUT2D eigenvalue weighted by Gasteiger charge is -2.41. The maximum Gasteiger partial charge on any atom is 0.397 e. The largest absolute Gasteiger partial charge is 0.397 e. The Labute approximate surface area is 351 Å². The van der Waals surface area contributed by atoms with E-state index in [1.165, 1.54) is 122 Å². The summed E-state index contributed by atoms with van der Waals surface area (Å²) < 4.78 is 47.4. The molecule has 0 aromatic rings. The average molecular weight is 850 g/mol. The van der Waals surface area contributed by atoms with Crippen LogP contribution in [0.1, 0.15) is 187 Å². The molecule has 1 aliphatic rings. The molecule has 0 aliphatic carbocycles. The molecule has 0 saturated carbocycles. The second-order valence-electron chi connectivity index (χ2n) is 16.1. The number of aliphatic hydroxyl groups excluding tert-OH is 5. The number of carbonyl (C=O) groups is 1. The number of hydrogen-bond donors (Lipinski definition) is 7. The van der Waals surface area contributed by atoms with Gasteiger partial charge in [-0.1, -0.05) is 179 Å². The van der Waals surface area contributed by atoms with Crippen molar-refractivity contribution in [2.75, 3.05) is 13.2 Å². The number of unbranched alkanes of at least 4 members (excludes halogenated alkanes) is 23. The highest BCUT2D eigenvalue weighted by atomic mass is 32.3. The Kier molecular flexibility index (Phi) is 33.1. The first kappa shape index (κ1) is 54.6. The normalized spacial score (nSPS) is 21.8. The van der Waals surface area contributed by atoms with Crippen molar-refractivity contribution in [3.8, 4) is 0 Å². The van der Waals surface area contributed by atoms with E-state index in [9.17, 15) is 38.7 Å². The lowest BCUT2D eigenvalue weighted by Crippen LogP contribution is -2.61. The van der Waals surface area contributed by atoms with Crippen LogP contribution in [0.4, 0.5) is 0 Å². The summed E-state index contributed by atoms with van der Waals surface area (Å²) in [6.07, 6.45) is 27.1. The summed E-state index contributed by atoms with van der Waals surface area (Å²) in [5.74, 6) is -0.714. The number of carbonyl (C=O) groups excluding carboxylic acids is 1. The lowest BCUT2D eigenvalue weighted by molar-refractivity contribution is -0.298. The minimum Gasteiger partial charge on any atom is -0.394 e. The van der Waals surface area contributed by atoms with E-state index in [1.807, 2.05) is 0 Å². The van der Waals surface area contributed by atoms with Gasteiger partial charge in [0.2, 0.25) is 5.91 Å². The zero-order valence-electron chi connectivity index (χ0n) is 36.0. The van der Waals surface area contributed by atoms with E-state index >= 15 is 0 Å². The van der Waals surface area contributed by atoms with Gasteiger partial charge in [0.05, 0.1) is 25.4 Å². The summed E-state index contributed by atoms with van der Waals surface area (Å²) in [7, 11) is -5.12. The number of nitrogens with one attached hydrogen (secondary N) is 1. The zero-order chi connectivity index (χ0) is 42.9. The molecule has 0 aromatic heterocycles. The van der Waals surface area contributed by atoms with Crippen LogP contribution in [-0.2, 0) is 28.9 Å². The first-order chi connectivity index (χ1) is 27.9. The molecular formula is C44H83NO12S. The molecule has 0 bridgehead atoms. The summed E-state index contributed by atoms with van der Waals surface area (Å²) in [6, 6.07) is -1.13. The van der Waals surface area contributed by atoms with Crippen LogP contribution in [0, 0.1) is 0 Å². The third kappa shape index (κ3) is 27.4. The van der Waals surface area contributed by atoms with Gasteiger partial charge in [-0.25, -0.2) is 4.18 Å². The van der Waals surface area contributed by atoms with Crippen LogP contribution in [0.5, 0.6) is 0 Å². The van der Waals surface area contributed by atoms with Gasteiger partial charge in [0, 0.05) is 0 Å². The Balaban J connectivity index is 2.58. The van der Waals surface area contributed by atoms with Gasteiger partial charge in [0.1, 0.15) is 30.5 Å². The van der Waals surface area contributed by atoms with Gasteiger partial charge < -0.3 is 40.3 Å². The average Bonchev–Trinajstić information content (AvgIpc) is 3.19. The van der Waals surface area contributed by atoms with Crippen molar-refractivity contribution < 1.29 is 57.0 Å². The van der Waals surface area contributed by atoms with E-state index in [4.69, 9.17) is 14.0 Å². The molecule has 1 aliphatic heterocycles. The quantitative estimate of drug-likeness (QED) is 0.0183. The summed E-state index contributed by atoms with van der Waals surface area (Å²) in [6.45, 7) is 3.16. The third-order valence-electron chi connectivity index (χ3n) is 10.8. The second-order valence-corrected chi connectivity index (χ2v) is 17.2. The van der Waals surface area contributed by atoms with Crippen molar-refractivity contribution in [2.24, 2.45) is 0 Å². The number of amides is 1. The standard InChI is InChI=1S/C44H83NO12S/c1-3-5-7-9-11-13-14-15-16-17-18-19-20-21-22-23-25-26-28-30-32-37(47)36(45-43(51)38(48)33-31-29-27-24-12-10-8-6-4-2)35-55-44-41(50)42(57-58(52,53)54)40(49)39(34-46)56-44/h23,25,30,32,36-42,44,46-50H,3-22,24,26-29,31,33-35H2,1-2H3,(H,45,51)(H,52,53,54)/b25-23+,32-30+. The Morgan fingerprint density at radius 2 is 1.16 bits per heavy atom. The molecule has 1 saturated heterocycles. The van der Waals surface area contributed by atoms with Gasteiger partial charge in [-0.3, -0.25) is 9.35 Å². The Morgan fingerprint density at radius 1 is 0.690 bits per heavy atom. The maximum absolute atomic E-state index is 13.0. The number of allylic oxidation sites excluding steroid dienone is 3. The Morgan fingerprint density at radius 3 is 1.66 bits per heavy atom. The van der Waals surface area contributed by atoms with Crippen molar-refractivity contribution >= 4 is 16.3 Å². The predicted octanol–water partition coefficient (Wildman–Crippen LogP) is 7.52. The van der Waals surface area contributed by atoms with E-state index < -0.39 is 78.5 Å². The molecule has 8 unspecified atom stereocenters.